The quantitative estimate of drug-likeness (QED) is 0.378. The van der Waals surface area contributed by atoms with Gasteiger partial charge in [0, 0.05) is 31.1 Å². The van der Waals surface area contributed by atoms with Gasteiger partial charge in [-0.3, -0.25) is 14.5 Å². The summed E-state index contributed by atoms with van der Waals surface area (Å²) >= 11 is 0. The molecule has 1 saturated heterocycles. The Balaban J connectivity index is 2.14. The average Bonchev–Trinajstić information content (AvgIpc) is 3.41. The Morgan fingerprint density at radius 3 is 2.27 bits per heavy atom. The van der Waals surface area contributed by atoms with Gasteiger partial charge in [0.15, 0.2) is 0 Å². The van der Waals surface area contributed by atoms with E-state index in [0.717, 1.165) is 11.6 Å². The number of rotatable bonds is 8. The van der Waals surface area contributed by atoms with Crippen molar-refractivity contribution in [3.8, 4) is 0 Å². The molecule has 1 heterocycles. The minimum atomic E-state index is -2.79. The van der Waals surface area contributed by atoms with E-state index in [4.69, 9.17) is 5.73 Å². The SMILES string of the molecule is C=C/C(=C\C(F)=C/C)C(C(=O)NC1CCC(F)(F)CC1)N(C(=O)N1CCCC1C(N)=O)c1ccc(C(C)(C)C)cc1. The molecule has 1 aliphatic heterocycles. The van der Waals surface area contributed by atoms with Crippen LogP contribution < -0.4 is 16.0 Å². The van der Waals surface area contributed by atoms with Crippen LogP contribution in [0, 0.1) is 0 Å². The van der Waals surface area contributed by atoms with Gasteiger partial charge in [-0.25, -0.2) is 18.0 Å². The minimum absolute atomic E-state index is 0.0614. The van der Waals surface area contributed by atoms with Gasteiger partial charge < -0.3 is 16.0 Å². The molecule has 41 heavy (non-hydrogen) atoms. The second kappa shape index (κ2) is 13.0. The first-order chi connectivity index (χ1) is 19.2. The molecule has 1 aromatic carbocycles. The van der Waals surface area contributed by atoms with E-state index in [1.54, 1.807) is 12.1 Å². The van der Waals surface area contributed by atoms with E-state index in [1.165, 1.54) is 28.9 Å². The summed E-state index contributed by atoms with van der Waals surface area (Å²) < 4.78 is 42.2. The molecule has 1 aliphatic carbocycles. The third kappa shape index (κ3) is 7.80. The van der Waals surface area contributed by atoms with Gasteiger partial charge in [0.05, 0.1) is 0 Å². The number of nitrogens with zero attached hydrogens (tertiary/aromatic N) is 2. The van der Waals surface area contributed by atoms with Crippen LogP contribution in [0.2, 0.25) is 0 Å². The number of urea groups is 1. The summed E-state index contributed by atoms with van der Waals surface area (Å²) in [6.45, 7) is 11.6. The third-order valence-corrected chi connectivity index (χ3v) is 7.75. The van der Waals surface area contributed by atoms with Crippen LogP contribution in [0.25, 0.3) is 0 Å². The number of nitrogens with one attached hydrogen (secondary N) is 1. The summed E-state index contributed by atoms with van der Waals surface area (Å²) in [6.07, 6.45) is 3.92. The van der Waals surface area contributed by atoms with E-state index in [2.05, 4.69) is 11.9 Å². The molecule has 4 amide bonds. The number of carbonyl (C=O) groups excluding carboxylic acids is 3. The van der Waals surface area contributed by atoms with Crippen LogP contribution in [-0.2, 0) is 15.0 Å². The monoisotopic (exact) mass is 574 g/mol. The molecular formula is C31H41F3N4O3. The normalized spacial score (nSPS) is 20.9. The Morgan fingerprint density at radius 2 is 1.76 bits per heavy atom. The second-order valence-electron chi connectivity index (χ2n) is 11.8. The van der Waals surface area contributed by atoms with Gasteiger partial charge in [-0.15, -0.1) is 0 Å². The lowest BCUT2D eigenvalue weighted by Gasteiger charge is -2.37. The van der Waals surface area contributed by atoms with Crippen molar-refractivity contribution < 1.29 is 27.6 Å². The standard InChI is InChI=1S/C31H41F3N4O3/c1-6-20(19-22(32)7-2)26(28(40)36-23-14-16-31(33,34)17-15-23)38(24-12-10-21(11-13-24)30(3,4)5)29(41)37-18-8-9-25(37)27(35)39/h6-7,10-13,19,23,25-26H,1,8-9,14-18H2,2-5H3,(H2,35,39)(H,36,40)/b20-19+,22-7+. The molecule has 2 fully saturated rings. The van der Waals surface area contributed by atoms with Gasteiger partial charge in [-0.1, -0.05) is 51.6 Å². The zero-order valence-electron chi connectivity index (χ0n) is 24.3. The molecule has 2 aliphatic rings. The summed E-state index contributed by atoms with van der Waals surface area (Å²) in [6, 6.07) is 3.59. The van der Waals surface area contributed by atoms with Crippen molar-refractivity contribution in [2.45, 2.75) is 95.7 Å². The lowest BCUT2D eigenvalue weighted by atomic mass is 9.87. The zero-order chi connectivity index (χ0) is 30.5. The fourth-order valence-corrected chi connectivity index (χ4v) is 5.30. The van der Waals surface area contributed by atoms with Gasteiger partial charge in [-0.05, 0) is 67.4 Å². The molecule has 2 unspecified atom stereocenters. The fourth-order valence-electron chi connectivity index (χ4n) is 5.30. The highest BCUT2D eigenvalue weighted by Crippen LogP contribution is 2.34. The zero-order valence-corrected chi connectivity index (χ0v) is 24.3. The molecule has 3 rings (SSSR count). The van der Waals surface area contributed by atoms with Crippen molar-refractivity contribution >= 4 is 23.5 Å². The third-order valence-electron chi connectivity index (χ3n) is 7.75. The van der Waals surface area contributed by atoms with Crippen LogP contribution >= 0.6 is 0 Å². The largest absolute Gasteiger partial charge is 0.368 e. The molecule has 1 aromatic rings. The highest BCUT2D eigenvalue weighted by molar-refractivity contribution is 6.03. The van der Waals surface area contributed by atoms with Crippen LogP contribution in [0.5, 0.6) is 0 Å². The van der Waals surface area contributed by atoms with Crippen LogP contribution in [0.1, 0.15) is 71.8 Å². The first-order valence-corrected chi connectivity index (χ1v) is 14.0. The maximum absolute atomic E-state index is 14.6. The summed E-state index contributed by atoms with van der Waals surface area (Å²) in [5.41, 5.74) is 6.81. The van der Waals surface area contributed by atoms with Crippen molar-refractivity contribution in [3.63, 3.8) is 0 Å². The van der Waals surface area contributed by atoms with Crippen molar-refractivity contribution in [3.05, 3.63) is 66.0 Å². The van der Waals surface area contributed by atoms with Crippen LogP contribution in [-0.4, -0.2) is 53.3 Å². The Kier molecular flexibility index (Phi) is 10.1. The first kappa shape index (κ1) is 32.0. The van der Waals surface area contributed by atoms with Crippen LogP contribution in [0.4, 0.5) is 23.7 Å². The number of hydrogen-bond acceptors (Lipinski definition) is 3. The van der Waals surface area contributed by atoms with Gasteiger partial charge in [-0.2, -0.15) is 0 Å². The summed E-state index contributed by atoms with van der Waals surface area (Å²) in [4.78, 5) is 43.0. The van der Waals surface area contributed by atoms with Gasteiger partial charge in [0.1, 0.15) is 17.9 Å². The molecule has 224 valence electrons. The van der Waals surface area contributed by atoms with Crippen molar-refractivity contribution in [1.82, 2.24) is 10.2 Å². The molecule has 0 spiro atoms. The molecule has 2 atom stereocenters. The Morgan fingerprint density at radius 1 is 1.15 bits per heavy atom. The van der Waals surface area contributed by atoms with E-state index in [0.29, 0.717) is 18.5 Å². The Hall–Kier alpha value is -3.56. The van der Waals surface area contributed by atoms with Crippen molar-refractivity contribution in [2.75, 3.05) is 11.4 Å². The molecule has 0 radical (unpaired) electrons. The summed E-state index contributed by atoms with van der Waals surface area (Å²) in [5, 5.41) is 2.82. The van der Waals surface area contributed by atoms with Crippen molar-refractivity contribution in [2.24, 2.45) is 5.73 Å². The smallest absolute Gasteiger partial charge is 0.326 e. The topological polar surface area (TPSA) is 95.7 Å². The van der Waals surface area contributed by atoms with E-state index >= 15 is 0 Å². The maximum Gasteiger partial charge on any atom is 0.326 e. The van der Waals surface area contributed by atoms with Crippen LogP contribution in [0.3, 0.4) is 0 Å². The number of benzene rings is 1. The number of amides is 4. The van der Waals surface area contributed by atoms with Crippen molar-refractivity contribution in [1.29, 1.82) is 0 Å². The summed E-state index contributed by atoms with van der Waals surface area (Å²) in [5.74, 6) is -4.78. The average molecular weight is 575 g/mol. The molecule has 0 bridgehead atoms. The molecular weight excluding hydrogens is 533 g/mol. The van der Waals surface area contributed by atoms with Gasteiger partial charge >= 0.3 is 6.03 Å². The lowest BCUT2D eigenvalue weighted by Crippen LogP contribution is -2.58. The molecule has 3 N–H and O–H groups in total. The molecule has 7 nitrogen and oxygen atoms in total. The van der Waals surface area contributed by atoms with E-state index in [1.807, 2.05) is 32.9 Å². The lowest BCUT2D eigenvalue weighted by molar-refractivity contribution is -0.123. The first-order valence-electron chi connectivity index (χ1n) is 14.0. The molecule has 10 heteroatoms. The number of nitrogens with two attached hydrogens (primary N) is 1. The summed E-state index contributed by atoms with van der Waals surface area (Å²) in [7, 11) is 0. The highest BCUT2D eigenvalue weighted by Gasteiger charge is 2.42. The highest BCUT2D eigenvalue weighted by atomic mass is 19.3. The minimum Gasteiger partial charge on any atom is -0.368 e. The van der Waals surface area contributed by atoms with Gasteiger partial charge in [0.2, 0.25) is 17.7 Å². The number of alkyl halides is 2. The number of carbonyl (C=O) groups is 3. The molecule has 1 saturated carbocycles. The number of allylic oxidation sites excluding steroid dienone is 3. The fraction of sp³-hybridized carbons (Fsp3) is 0.516. The predicted molar refractivity (Wildman–Crippen MR) is 154 cm³/mol. The number of likely N-dealkylation sites (tertiary alicyclic amines) is 1. The van der Waals surface area contributed by atoms with Gasteiger partial charge in [0.25, 0.3) is 0 Å². The van der Waals surface area contributed by atoms with E-state index in [-0.39, 0.29) is 43.2 Å². The number of halogens is 3. The Labute approximate surface area is 240 Å². The molecule has 0 aromatic heterocycles. The maximum atomic E-state index is 14.6. The number of anilines is 1. The van der Waals surface area contributed by atoms with E-state index in [9.17, 15) is 27.6 Å². The number of hydrogen-bond donors (Lipinski definition) is 2. The van der Waals surface area contributed by atoms with Crippen LogP contribution in [0.15, 0.2) is 60.5 Å². The number of primary amides is 1. The predicted octanol–water partition coefficient (Wildman–Crippen LogP) is 5.91. The van der Waals surface area contributed by atoms with E-state index < -0.39 is 47.7 Å². The Bertz CT molecular complexity index is 1190. The second-order valence-corrected chi connectivity index (χ2v) is 11.8.